The fourth-order valence-corrected chi connectivity index (χ4v) is 2.29. The summed E-state index contributed by atoms with van der Waals surface area (Å²) in [4.78, 5) is 25.6. The molecule has 1 saturated heterocycles. The van der Waals surface area contributed by atoms with Crippen LogP contribution >= 0.6 is 0 Å². The third-order valence-corrected chi connectivity index (χ3v) is 3.34. The number of esters is 1. The Balaban J connectivity index is 2.04. The predicted octanol–water partition coefficient (Wildman–Crippen LogP) is 0.420. The Bertz CT molecular complexity index is 555. The van der Waals surface area contributed by atoms with Crippen molar-refractivity contribution in [3.63, 3.8) is 0 Å². The second-order valence-electron chi connectivity index (χ2n) is 5.34. The van der Waals surface area contributed by atoms with Crippen molar-refractivity contribution in [3.05, 3.63) is 22.6 Å². The number of ether oxygens (including phenoxy) is 2. The second-order valence-corrected chi connectivity index (χ2v) is 5.34. The highest BCUT2D eigenvalue weighted by atomic mass is 16.5. The summed E-state index contributed by atoms with van der Waals surface area (Å²) in [6.07, 6.45) is 2.51. The van der Waals surface area contributed by atoms with Crippen molar-refractivity contribution in [1.82, 2.24) is 9.78 Å². The van der Waals surface area contributed by atoms with E-state index in [9.17, 15) is 9.59 Å². The Kier molecular flexibility index (Phi) is 4.95. The van der Waals surface area contributed by atoms with Crippen molar-refractivity contribution in [3.8, 4) is 0 Å². The fraction of sp³-hybridized carbons (Fsp3) is 0.643. The van der Waals surface area contributed by atoms with E-state index in [4.69, 9.17) is 9.47 Å². The van der Waals surface area contributed by atoms with Gasteiger partial charge in [0.2, 0.25) is 0 Å². The monoisotopic (exact) mass is 295 g/mol. The number of nitrogens with zero attached hydrogens (tertiary/aromatic N) is 3. The first-order valence-electron chi connectivity index (χ1n) is 7.04. The lowest BCUT2D eigenvalue weighted by Crippen LogP contribution is -2.30. The van der Waals surface area contributed by atoms with E-state index in [1.807, 2.05) is 0 Å². The molecule has 0 amide bonds. The number of carbonyl (C=O) groups excluding carboxylic acids is 1. The average molecular weight is 295 g/mol. The van der Waals surface area contributed by atoms with Gasteiger partial charge >= 0.3 is 5.97 Å². The first kappa shape index (κ1) is 15.5. The van der Waals surface area contributed by atoms with Gasteiger partial charge in [-0.1, -0.05) is 0 Å². The molecule has 0 spiro atoms. The zero-order chi connectivity index (χ0) is 15.4. The largest absolute Gasteiger partial charge is 0.462 e. The number of anilines is 1. The zero-order valence-electron chi connectivity index (χ0n) is 12.6. The molecule has 116 valence electrons. The first-order chi connectivity index (χ1) is 9.99. The van der Waals surface area contributed by atoms with Gasteiger partial charge in [0.25, 0.3) is 5.56 Å². The van der Waals surface area contributed by atoms with E-state index in [1.165, 1.54) is 6.07 Å². The molecule has 7 nitrogen and oxygen atoms in total. The molecule has 1 unspecified atom stereocenters. The van der Waals surface area contributed by atoms with Crippen molar-refractivity contribution in [2.24, 2.45) is 0 Å². The van der Waals surface area contributed by atoms with Gasteiger partial charge in [-0.3, -0.25) is 9.59 Å². The van der Waals surface area contributed by atoms with Crippen LogP contribution in [-0.2, 0) is 20.8 Å². The maximum absolute atomic E-state index is 12.0. The second kappa shape index (κ2) is 6.71. The summed E-state index contributed by atoms with van der Waals surface area (Å²) < 4.78 is 11.4. The van der Waals surface area contributed by atoms with Gasteiger partial charge in [0.15, 0.2) is 0 Å². The summed E-state index contributed by atoms with van der Waals surface area (Å²) in [6, 6.07) is 1.49. The topological polar surface area (TPSA) is 73.7 Å². The minimum Gasteiger partial charge on any atom is -0.462 e. The number of hydrogen-bond acceptors (Lipinski definition) is 6. The molecule has 2 heterocycles. The van der Waals surface area contributed by atoms with E-state index in [0.717, 1.165) is 29.9 Å². The van der Waals surface area contributed by atoms with Crippen LogP contribution in [0.25, 0.3) is 0 Å². The summed E-state index contributed by atoms with van der Waals surface area (Å²) in [5.74, 6) is -0.465. The van der Waals surface area contributed by atoms with Gasteiger partial charge in [-0.25, -0.2) is 4.68 Å². The van der Waals surface area contributed by atoms with Crippen molar-refractivity contribution >= 4 is 11.7 Å². The van der Waals surface area contributed by atoms with E-state index in [-0.39, 0.29) is 24.3 Å². The van der Waals surface area contributed by atoms with Gasteiger partial charge in [0.05, 0.1) is 24.1 Å². The fourth-order valence-electron chi connectivity index (χ4n) is 2.29. The van der Waals surface area contributed by atoms with Crippen LogP contribution in [0.3, 0.4) is 0 Å². The molecule has 0 N–H and O–H groups in total. The van der Waals surface area contributed by atoms with Crippen molar-refractivity contribution in [2.75, 3.05) is 25.1 Å². The highest BCUT2D eigenvalue weighted by Gasteiger charge is 2.23. The number of aromatic nitrogens is 2. The number of methoxy groups -OCH3 is 1. The summed E-state index contributed by atoms with van der Waals surface area (Å²) in [5.41, 5.74) is 0.446. The molecular weight excluding hydrogens is 274 g/mol. The minimum atomic E-state index is -0.465. The van der Waals surface area contributed by atoms with Gasteiger partial charge in [-0.15, -0.1) is 0 Å². The van der Waals surface area contributed by atoms with E-state index in [1.54, 1.807) is 27.2 Å². The number of rotatable bonds is 5. The summed E-state index contributed by atoms with van der Waals surface area (Å²) in [6.45, 7) is 4.93. The Labute approximate surface area is 123 Å². The van der Waals surface area contributed by atoms with Gasteiger partial charge in [-0.05, 0) is 20.3 Å². The predicted molar refractivity (Wildman–Crippen MR) is 77.4 cm³/mol. The SMILES string of the molecule is COC1CCN(c2cnn(CC(=O)OC(C)C)c(=O)c2)C1. The van der Waals surface area contributed by atoms with Gasteiger partial charge < -0.3 is 14.4 Å². The standard InChI is InChI=1S/C14H21N3O4/c1-10(2)21-14(19)9-17-13(18)6-11(7-15-17)16-5-4-12(8-16)20-3/h6-7,10,12H,4-5,8-9H2,1-3H3. The van der Waals surface area contributed by atoms with Gasteiger partial charge in [-0.2, -0.15) is 5.10 Å². The Morgan fingerprint density at radius 2 is 2.29 bits per heavy atom. The average Bonchev–Trinajstić information content (AvgIpc) is 2.89. The van der Waals surface area contributed by atoms with E-state index >= 15 is 0 Å². The van der Waals surface area contributed by atoms with E-state index in [2.05, 4.69) is 10.00 Å². The molecule has 0 aliphatic carbocycles. The molecule has 21 heavy (non-hydrogen) atoms. The lowest BCUT2D eigenvalue weighted by molar-refractivity contribution is -0.148. The van der Waals surface area contributed by atoms with Crippen LogP contribution < -0.4 is 10.5 Å². The van der Waals surface area contributed by atoms with Crippen LogP contribution in [0.5, 0.6) is 0 Å². The molecule has 1 aromatic rings. The lowest BCUT2D eigenvalue weighted by Gasteiger charge is -2.18. The Morgan fingerprint density at radius 1 is 1.52 bits per heavy atom. The number of hydrogen-bond donors (Lipinski definition) is 0. The normalized spacial score (nSPS) is 18.3. The summed E-state index contributed by atoms with van der Waals surface area (Å²) in [5, 5.41) is 4.04. The lowest BCUT2D eigenvalue weighted by atomic mass is 10.3. The van der Waals surface area contributed by atoms with Gasteiger partial charge in [0, 0.05) is 26.3 Å². The maximum atomic E-state index is 12.0. The van der Waals surface area contributed by atoms with Crippen LogP contribution in [0.15, 0.2) is 17.1 Å². The van der Waals surface area contributed by atoms with Crippen LogP contribution in [0.4, 0.5) is 5.69 Å². The van der Waals surface area contributed by atoms with Crippen LogP contribution in [-0.4, -0.2) is 48.2 Å². The smallest absolute Gasteiger partial charge is 0.328 e. The molecule has 1 aromatic heterocycles. The summed E-state index contributed by atoms with van der Waals surface area (Å²) in [7, 11) is 1.69. The Morgan fingerprint density at radius 3 is 2.86 bits per heavy atom. The molecule has 1 fully saturated rings. The van der Waals surface area contributed by atoms with Crippen LogP contribution in [0, 0.1) is 0 Å². The summed E-state index contributed by atoms with van der Waals surface area (Å²) >= 11 is 0. The highest BCUT2D eigenvalue weighted by molar-refractivity contribution is 5.69. The van der Waals surface area contributed by atoms with E-state index < -0.39 is 5.97 Å². The number of carbonyl (C=O) groups is 1. The molecule has 0 saturated carbocycles. The Hall–Kier alpha value is -1.89. The zero-order valence-corrected chi connectivity index (χ0v) is 12.6. The van der Waals surface area contributed by atoms with Crippen LogP contribution in [0.2, 0.25) is 0 Å². The molecule has 0 bridgehead atoms. The molecule has 1 atom stereocenters. The van der Waals surface area contributed by atoms with Crippen molar-refractivity contribution < 1.29 is 14.3 Å². The van der Waals surface area contributed by atoms with Crippen molar-refractivity contribution in [2.45, 2.75) is 39.0 Å². The molecule has 0 radical (unpaired) electrons. The molecule has 7 heteroatoms. The molecule has 0 aromatic carbocycles. The van der Waals surface area contributed by atoms with E-state index in [0.29, 0.717) is 0 Å². The van der Waals surface area contributed by atoms with Crippen LogP contribution in [0.1, 0.15) is 20.3 Å². The maximum Gasteiger partial charge on any atom is 0.328 e. The third-order valence-electron chi connectivity index (χ3n) is 3.34. The third kappa shape index (κ3) is 4.04. The highest BCUT2D eigenvalue weighted by Crippen LogP contribution is 2.19. The van der Waals surface area contributed by atoms with Gasteiger partial charge in [0.1, 0.15) is 6.54 Å². The molecular formula is C14H21N3O4. The van der Waals surface area contributed by atoms with Crippen molar-refractivity contribution in [1.29, 1.82) is 0 Å². The quantitative estimate of drug-likeness (QED) is 0.733. The first-order valence-corrected chi connectivity index (χ1v) is 7.04. The molecule has 2 rings (SSSR count). The minimum absolute atomic E-state index is 0.169. The molecule has 1 aliphatic heterocycles. The molecule has 1 aliphatic rings.